The number of halogens is 3. The van der Waals surface area contributed by atoms with E-state index in [1.807, 2.05) is 14.0 Å². The Balaban J connectivity index is 1.20. The quantitative estimate of drug-likeness (QED) is 0.428. The van der Waals surface area contributed by atoms with Crippen molar-refractivity contribution >= 4 is 17.6 Å². The van der Waals surface area contributed by atoms with Crippen LogP contribution in [0, 0.1) is 24.7 Å². The molecule has 5 rings (SSSR count). The fourth-order valence-corrected chi connectivity index (χ4v) is 7.90. The van der Waals surface area contributed by atoms with Crippen LogP contribution in [0.2, 0.25) is 0 Å². The molecule has 2 heterocycles. The number of alkyl halides is 3. The normalized spacial score (nSPS) is 32.5. The maximum atomic E-state index is 13.6. The summed E-state index contributed by atoms with van der Waals surface area (Å²) in [5, 5.41) is 12.7. The maximum absolute atomic E-state index is 13.6. The third-order valence-electron chi connectivity index (χ3n) is 9.80. The zero-order valence-electron chi connectivity index (χ0n) is 23.6. The number of aryl methyl sites for hydroxylation is 2. The van der Waals surface area contributed by atoms with Crippen molar-refractivity contribution in [3.05, 3.63) is 27.4 Å². The number of hydrogen-bond acceptors (Lipinski definition) is 6. The fourth-order valence-electron chi connectivity index (χ4n) is 7.57. The highest BCUT2D eigenvalue weighted by molar-refractivity contribution is 6.20. The van der Waals surface area contributed by atoms with Gasteiger partial charge in [-0.2, -0.15) is 0 Å². The van der Waals surface area contributed by atoms with Crippen LogP contribution in [0.5, 0.6) is 0 Å². The van der Waals surface area contributed by atoms with Crippen molar-refractivity contribution in [2.24, 2.45) is 17.8 Å². The molecule has 40 heavy (non-hydrogen) atoms. The van der Waals surface area contributed by atoms with Crippen LogP contribution in [-0.2, 0) is 28.9 Å². The van der Waals surface area contributed by atoms with Gasteiger partial charge in [-0.15, -0.1) is 11.6 Å². The second kappa shape index (κ2) is 12.3. The fraction of sp³-hybridized carbons (Fsp3) is 0.828. The first-order chi connectivity index (χ1) is 19.0. The van der Waals surface area contributed by atoms with Gasteiger partial charge in [0.2, 0.25) is 5.92 Å². The Hall–Kier alpha value is -1.62. The third-order valence-corrected chi connectivity index (χ3v) is 10.2. The molecule has 1 aliphatic heterocycles. The van der Waals surface area contributed by atoms with Crippen molar-refractivity contribution < 1.29 is 23.4 Å². The molecule has 224 valence electrons. The lowest BCUT2D eigenvalue weighted by atomic mass is 9.72. The zero-order valence-corrected chi connectivity index (χ0v) is 24.3. The standard InChI is InChI=1S/C29H43ClF2N4O4/c1-17-34-24-5-4-21(35(2)16-18-14-29(31,32)15-18)13-23(24)27(37)36(17)9-10-40-26-6-3-20(30)12-22(26)19-7-8-33-25(11-19)28(38)39/h18-22,25-26,33H,3-16H2,1-2H3,(H,38,39). The second-order valence-electron chi connectivity index (χ2n) is 12.6. The van der Waals surface area contributed by atoms with E-state index in [-0.39, 0.29) is 53.7 Å². The highest BCUT2D eigenvalue weighted by atomic mass is 35.5. The number of nitrogens with zero attached hydrogens (tertiary/aromatic N) is 3. The number of carboxylic acids is 1. The van der Waals surface area contributed by atoms with Crippen LogP contribution >= 0.6 is 11.6 Å². The molecule has 0 bridgehead atoms. The lowest BCUT2D eigenvalue weighted by Crippen LogP contribution is -2.48. The number of rotatable bonds is 9. The molecule has 3 fully saturated rings. The molecule has 6 unspecified atom stereocenters. The van der Waals surface area contributed by atoms with Gasteiger partial charge in [-0.05, 0) is 89.6 Å². The largest absolute Gasteiger partial charge is 0.480 e. The van der Waals surface area contributed by atoms with E-state index in [0.717, 1.165) is 49.8 Å². The number of aromatic nitrogens is 2. The summed E-state index contributed by atoms with van der Waals surface area (Å²) in [6, 6.07) is -0.384. The Kier molecular flexibility index (Phi) is 9.19. The molecule has 3 aliphatic carbocycles. The first kappa shape index (κ1) is 29.9. The monoisotopic (exact) mass is 584 g/mol. The van der Waals surface area contributed by atoms with Gasteiger partial charge in [-0.1, -0.05) is 0 Å². The highest BCUT2D eigenvalue weighted by Crippen LogP contribution is 2.43. The molecule has 0 spiro atoms. The molecule has 0 radical (unpaired) electrons. The molecule has 1 aromatic rings. The lowest BCUT2D eigenvalue weighted by Gasteiger charge is -2.41. The number of ether oxygens (including phenoxy) is 1. The number of likely N-dealkylation sites (N-methyl/N-ethyl adjacent to an activating group) is 1. The van der Waals surface area contributed by atoms with Crippen LogP contribution in [0.3, 0.4) is 0 Å². The minimum absolute atomic E-state index is 0.00828. The van der Waals surface area contributed by atoms with Gasteiger partial charge in [0.1, 0.15) is 11.9 Å². The van der Waals surface area contributed by atoms with Crippen molar-refractivity contribution in [3.63, 3.8) is 0 Å². The van der Waals surface area contributed by atoms with E-state index in [2.05, 4.69) is 10.2 Å². The summed E-state index contributed by atoms with van der Waals surface area (Å²) in [4.78, 5) is 32.1. The van der Waals surface area contributed by atoms with Crippen LogP contribution in [-0.4, -0.2) is 81.8 Å². The zero-order chi connectivity index (χ0) is 28.6. The van der Waals surface area contributed by atoms with E-state index in [9.17, 15) is 23.5 Å². The van der Waals surface area contributed by atoms with E-state index in [4.69, 9.17) is 21.3 Å². The molecule has 4 aliphatic rings. The van der Waals surface area contributed by atoms with Gasteiger partial charge < -0.3 is 20.1 Å². The van der Waals surface area contributed by atoms with Crippen LogP contribution in [0.1, 0.15) is 68.4 Å². The van der Waals surface area contributed by atoms with Crippen molar-refractivity contribution in [2.75, 3.05) is 26.7 Å². The van der Waals surface area contributed by atoms with Crippen LogP contribution < -0.4 is 10.9 Å². The molecule has 1 saturated heterocycles. The predicted octanol–water partition coefficient (Wildman–Crippen LogP) is 3.63. The summed E-state index contributed by atoms with van der Waals surface area (Å²) in [7, 11) is 1.98. The molecule has 11 heteroatoms. The molecule has 8 nitrogen and oxygen atoms in total. The summed E-state index contributed by atoms with van der Waals surface area (Å²) in [6.45, 7) is 3.95. The lowest BCUT2D eigenvalue weighted by molar-refractivity contribution is -0.141. The SMILES string of the molecule is Cc1nc2c(c(=O)n1CCOC1CCC(Cl)CC1C1CCNC(C(=O)O)C1)CC(N(C)CC1CC(F)(F)C1)CC2. The van der Waals surface area contributed by atoms with E-state index < -0.39 is 17.9 Å². The first-order valence-electron chi connectivity index (χ1n) is 14.9. The number of nitrogens with one attached hydrogen (secondary N) is 1. The number of carbonyl (C=O) groups is 1. The van der Waals surface area contributed by atoms with E-state index in [0.29, 0.717) is 44.9 Å². The first-order valence-corrected chi connectivity index (χ1v) is 15.3. The molecule has 1 aromatic heterocycles. The Bertz CT molecular complexity index is 1130. The van der Waals surface area contributed by atoms with Crippen LogP contribution in [0.25, 0.3) is 0 Å². The van der Waals surface area contributed by atoms with Gasteiger partial charge in [-0.25, -0.2) is 13.8 Å². The molecule has 0 aromatic carbocycles. The molecule has 2 N–H and O–H groups in total. The number of carboxylic acid groups (broad SMARTS) is 1. The van der Waals surface area contributed by atoms with Gasteiger partial charge in [-0.3, -0.25) is 14.2 Å². The van der Waals surface area contributed by atoms with E-state index in [1.165, 1.54) is 0 Å². The van der Waals surface area contributed by atoms with E-state index >= 15 is 0 Å². The summed E-state index contributed by atoms with van der Waals surface area (Å²) in [6.07, 6.45) is 6.08. The molecule has 2 saturated carbocycles. The summed E-state index contributed by atoms with van der Waals surface area (Å²) in [5.74, 6) is -2.19. The molecular formula is C29H43ClF2N4O4. The average molecular weight is 585 g/mol. The van der Waals surface area contributed by atoms with E-state index in [1.54, 1.807) is 4.57 Å². The minimum Gasteiger partial charge on any atom is -0.480 e. The Morgan fingerprint density at radius 2 is 2.02 bits per heavy atom. The third kappa shape index (κ3) is 6.71. The molecule has 0 amide bonds. The highest BCUT2D eigenvalue weighted by Gasteiger charge is 2.46. The molecular weight excluding hydrogens is 542 g/mol. The number of aliphatic carboxylic acids is 1. The Labute approximate surface area is 239 Å². The van der Waals surface area contributed by atoms with Crippen molar-refractivity contribution in [1.82, 2.24) is 19.8 Å². The van der Waals surface area contributed by atoms with Gasteiger partial charge in [0.25, 0.3) is 5.56 Å². The maximum Gasteiger partial charge on any atom is 0.320 e. The number of hydrogen-bond donors (Lipinski definition) is 2. The average Bonchev–Trinajstić information content (AvgIpc) is 2.90. The van der Waals surface area contributed by atoms with Crippen molar-refractivity contribution in [3.8, 4) is 0 Å². The van der Waals surface area contributed by atoms with Crippen molar-refractivity contribution in [1.29, 1.82) is 0 Å². The molecule has 6 atom stereocenters. The van der Waals surface area contributed by atoms with Gasteiger partial charge in [0, 0.05) is 36.4 Å². The van der Waals surface area contributed by atoms with Crippen LogP contribution in [0.15, 0.2) is 4.79 Å². The number of piperidine rings is 1. The number of fused-ring (bicyclic) bond motifs is 1. The Morgan fingerprint density at radius 3 is 2.75 bits per heavy atom. The topological polar surface area (TPSA) is 96.7 Å². The van der Waals surface area contributed by atoms with Crippen molar-refractivity contribution in [2.45, 2.75) is 107 Å². The summed E-state index contributed by atoms with van der Waals surface area (Å²) >= 11 is 6.54. The minimum atomic E-state index is -2.51. The second-order valence-corrected chi connectivity index (χ2v) is 13.2. The summed E-state index contributed by atoms with van der Waals surface area (Å²) < 4.78 is 34.7. The van der Waals surface area contributed by atoms with Gasteiger partial charge in [0.15, 0.2) is 0 Å². The summed E-state index contributed by atoms with van der Waals surface area (Å²) in [5.41, 5.74) is 1.57. The van der Waals surface area contributed by atoms with Crippen LogP contribution in [0.4, 0.5) is 8.78 Å². The smallest absolute Gasteiger partial charge is 0.320 e. The Morgan fingerprint density at radius 1 is 1.25 bits per heavy atom. The van der Waals surface area contributed by atoms with Gasteiger partial charge >= 0.3 is 5.97 Å². The van der Waals surface area contributed by atoms with Gasteiger partial charge in [0.05, 0.1) is 24.9 Å². The predicted molar refractivity (Wildman–Crippen MR) is 148 cm³/mol.